The van der Waals surface area contributed by atoms with Gasteiger partial charge in [0, 0.05) is 13.1 Å². The van der Waals surface area contributed by atoms with Crippen LogP contribution < -0.4 is 5.84 Å². The molecule has 0 fully saturated rings. The van der Waals surface area contributed by atoms with Crippen LogP contribution in [0.2, 0.25) is 0 Å². The Morgan fingerprint density at radius 2 is 2.00 bits per heavy atom. The van der Waals surface area contributed by atoms with Crippen molar-refractivity contribution >= 4 is 5.57 Å². The Morgan fingerprint density at radius 1 is 1.24 bits per heavy atom. The smallest absolute Gasteiger partial charge is 0.268 e. The second-order valence-corrected chi connectivity index (χ2v) is 4.05. The van der Waals surface area contributed by atoms with Crippen LogP contribution in [-0.2, 0) is 6.18 Å². The van der Waals surface area contributed by atoms with E-state index in [1.54, 1.807) is 11.1 Å². The number of halogens is 3. The van der Waals surface area contributed by atoms with Gasteiger partial charge in [-0.05, 0) is 29.7 Å². The number of alkyl halides is 3. The summed E-state index contributed by atoms with van der Waals surface area (Å²) in [6, 6.07) is 5.42. The lowest BCUT2D eigenvalue weighted by Gasteiger charge is -2.22. The van der Waals surface area contributed by atoms with E-state index < -0.39 is 11.7 Å². The Hall–Kier alpha value is -1.33. The third-order valence-electron chi connectivity index (χ3n) is 2.80. The summed E-state index contributed by atoms with van der Waals surface area (Å²) >= 11 is 0. The van der Waals surface area contributed by atoms with Gasteiger partial charge in [-0.25, -0.2) is 5.01 Å². The monoisotopic (exact) mass is 242 g/mol. The van der Waals surface area contributed by atoms with Crippen molar-refractivity contribution in [3.63, 3.8) is 0 Å². The molecule has 0 saturated carbocycles. The van der Waals surface area contributed by atoms with Gasteiger partial charge in [-0.1, -0.05) is 18.2 Å². The minimum atomic E-state index is -4.29. The Labute approximate surface area is 97.5 Å². The van der Waals surface area contributed by atoms with E-state index in [-0.39, 0.29) is 0 Å². The molecule has 92 valence electrons. The molecule has 0 spiro atoms. The van der Waals surface area contributed by atoms with E-state index in [1.165, 1.54) is 12.1 Å². The van der Waals surface area contributed by atoms with E-state index in [1.807, 2.05) is 6.08 Å². The van der Waals surface area contributed by atoms with Crippen LogP contribution in [0.1, 0.15) is 17.5 Å². The zero-order valence-corrected chi connectivity index (χ0v) is 9.17. The maximum Gasteiger partial charge on any atom is 0.416 e. The summed E-state index contributed by atoms with van der Waals surface area (Å²) in [7, 11) is 0. The molecule has 17 heavy (non-hydrogen) atoms. The fourth-order valence-corrected chi connectivity index (χ4v) is 1.84. The molecule has 1 aromatic carbocycles. The van der Waals surface area contributed by atoms with E-state index in [2.05, 4.69) is 0 Å². The molecule has 1 aromatic rings. The van der Waals surface area contributed by atoms with Gasteiger partial charge < -0.3 is 0 Å². The first-order valence-corrected chi connectivity index (χ1v) is 5.33. The summed E-state index contributed by atoms with van der Waals surface area (Å²) in [6.07, 6.45) is -1.73. The fourth-order valence-electron chi connectivity index (χ4n) is 1.84. The summed E-state index contributed by atoms with van der Waals surface area (Å²) in [5, 5.41) is 1.64. The van der Waals surface area contributed by atoms with Crippen molar-refractivity contribution in [1.29, 1.82) is 0 Å². The number of nitrogens with two attached hydrogens (primary N) is 1. The number of hydrogen-bond donors (Lipinski definition) is 1. The molecule has 1 aliphatic heterocycles. The first kappa shape index (κ1) is 12.1. The SMILES string of the molecule is NN1CC=C(c2cccc(C(F)(F)F)c2)CC1. The minimum absolute atomic E-state index is 0.575. The predicted molar refractivity (Wildman–Crippen MR) is 59.8 cm³/mol. The van der Waals surface area contributed by atoms with Crippen LogP contribution in [0.4, 0.5) is 13.2 Å². The summed E-state index contributed by atoms with van der Waals surface area (Å²) in [4.78, 5) is 0. The molecule has 1 heterocycles. The molecular formula is C12H13F3N2. The second kappa shape index (κ2) is 4.50. The van der Waals surface area contributed by atoms with Gasteiger partial charge in [0.1, 0.15) is 0 Å². The van der Waals surface area contributed by atoms with Gasteiger partial charge in [0.2, 0.25) is 0 Å². The average Bonchev–Trinajstić information content (AvgIpc) is 2.29. The third-order valence-corrected chi connectivity index (χ3v) is 2.80. The van der Waals surface area contributed by atoms with Crippen molar-refractivity contribution in [1.82, 2.24) is 5.01 Å². The zero-order valence-electron chi connectivity index (χ0n) is 9.17. The standard InChI is InChI=1S/C12H13F3N2/c13-12(14,15)11-3-1-2-10(8-11)9-4-6-17(16)7-5-9/h1-4,8H,5-7,16H2. The van der Waals surface area contributed by atoms with Crippen molar-refractivity contribution < 1.29 is 13.2 Å². The molecule has 0 radical (unpaired) electrons. The van der Waals surface area contributed by atoms with Gasteiger partial charge >= 0.3 is 6.18 Å². The van der Waals surface area contributed by atoms with Crippen molar-refractivity contribution in [2.24, 2.45) is 5.84 Å². The molecule has 0 unspecified atom stereocenters. The molecule has 0 saturated heterocycles. The Bertz CT molecular complexity index is 438. The average molecular weight is 242 g/mol. The molecule has 2 nitrogen and oxygen atoms in total. The Kier molecular flexibility index (Phi) is 3.22. The van der Waals surface area contributed by atoms with Gasteiger partial charge in [-0.2, -0.15) is 13.2 Å². The summed E-state index contributed by atoms with van der Waals surface area (Å²) < 4.78 is 37.6. The third kappa shape index (κ3) is 2.87. The molecule has 0 aromatic heterocycles. The van der Waals surface area contributed by atoms with Crippen LogP contribution in [0.5, 0.6) is 0 Å². The predicted octanol–water partition coefficient (Wildman–Crippen LogP) is 2.67. The maximum absolute atomic E-state index is 12.5. The first-order chi connectivity index (χ1) is 7.97. The summed E-state index contributed by atoms with van der Waals surface area (Å²) in [5.41, 5.74) is 0.955. The largest absolute Gasteiger partial charge is 0.416 e. The number of hydrogen-bond acceptors (Lipinski definition) is 2. The van der Waals surface area contributed by atoms with E-state index in [4.69, 9.17) is 5.84 Å². The molecule has 0 amide bonds. The highest BCUT2D eigenvalue weighted by Gasteiger charge is 2.30. The molecule has 0 bridgehead atoms. The molecule has 0 aliphatic carbocycles. The van der Waals surface area contributed by atoms with Crippen LogP contribution in [0, 0.1) is 0 Å². The molecule has 1 aliphatic rings. The first-order valence-electron chi connectivity index (χ1n) is 5.33. The van der Waals surface area contributed by atoms with Gasteiger partial charge in [0.25, 0.3) is 0 Å². The molecular weight excluding hydrogens is 229 g/mol. The molecule has 2 rings (SSSR count). The lowest BCUT2D eigenvalue weighted by molar-refractivity contribution is -0.137. The topological polar surface area (TPSA) is 29.3 Å². The van der Waals surface area contributed by atoms with E-state index in [9.17, 15) is 13.2 Å². The van der Waals surface area contributed by atoms with Crippen LogP contribution in [-0.4, -0.2) is 18.1 Å². The van der Waals surface area contributed by atoms with E-state index in [0.717, 1.165) is 11.6 Å². The van der Waals surface area contributed by atoms with E-state index >= 15 is 0 Å². The summed E-state index contributed by atoms with van der Waals surface area (Å²) in [5.74, 6) is 5.58. The highest BCUT2D eigenvalue weighted by Crippen LogP contribution is 2.31. The van der Waals surface area contributed by atoms with Crippen LogP contribution in [0.25, 0.3) is 5.57 Å². The Morgan fingerprint density at radius 3 is 2.59 bits per heavy atom. The fraction of sp³-hybridized carbons (Fsp3) is 0.333. The van der Waals surface area contributed by atoms with Crippen molar-refractivity contribution in [2.75, 3.05) is 13.1 Å². The molecule has 0 atom stereocenters. The van der Waals surface area contributed by atoms with Crippen LogP contribution in [0.3, 0.4) is 0 Å². The number of benzene rings is 1. The van der Waals surface area contributed by atoms with Gasteiger partial charge in [0.05, 0.1) is 5.56 Å². The number of nitrogens with zero attached hydrogens (tertiary/aromatic N) is 1. The second-order valence-electron chi connectivity index (χ2n) is 4.05. The quantitative estimate of drug-likeness (QED) is 0.767. The highest BCUT2D eigenvalue weighted by atomic mass is 19.4. The van der Waals surface area contributed by atoms with Crippen LogP contribution in [0.15, 0.2) is 30.3 Å². The lowest BCUT2D eigenvalue weighted by atomic mass is 9.98. The van der Waals surface area contributed by atoms with E-state index in [0.29, 0.717) is 25.1 Å². The zero-order chi connectivity index (χ0) is 12.5. The normalized spacial score (nSPS) is 18.0. The highest BCUT2D eigenvalue weighted by molar-refractivity contribution is 5.67. The molecule has 5 heteroatoms. The minimum Gasteiger partial charge on any atom is -0.268 e. The molecule has 2 N–H and O–H groups in total. The van der Waals surface area contributed by atoms with Crippen molar-refractivity contribution in [3.05, 3.63) is 41.5 Å². The van der Waals surface area contributed by atoms with Gasteiger partial charge in [0.15, 0.2) is 0 Å². The summed E-state index contributed by atoms with van der Waals surface area (Å²) in [6.45, 7) is 1.24. The lowest BCUT2D eigenvalue weighted by Crippen LogP contribution is -2.34. The van der Waals surface area contributed by atoms with Crippen molar-refractivity contribution in [2.45, 2.75) is 12.6 Å². The van der Waals surface area contributed by atoms with Crippen molar-refractivity contribution in [3.8, 4) is 0 Å². The van der Waals surface area contributed by atoms with Gasteiger partial charge in [-0.15, -0.1) is 0 Å². The van der Waals surface area contributed by atoms with Crippen LogP contribution >= 0.6 is 0 Å². The maximum atomic E-state index is 12.5. The van der Waals surface area contributed by atoms with Gasteiger partial charge in [-0.3, -0.25) is 5.84 Å². The number of rotatable bonds is 1. The Balaban J connectivity index is 2.28. The number of hydrazine groups is 1.